The molecule has 2 N–H and O–H groups in total. The fraction of sp³-hybridized carbons (Fsp3) is 0.0714. The highest BCUT2D eigenvalue weighted by Crippen LogP contribution is 2.42. The van der Waals surface area contributed by atoms with Crippen molar-refractivity contribution < 1.29 is 0 Å². The van der Waals surface area contributed by atoms with Crippen molar-refractivity contribution in [1.82, 2.24) is 0 Å². The summed E-state index contributed by atoms with van der Waals surface area (Å²) in [5.74, 6) is 0.417. The van der Waals surface area contributed by atoms with E-state index in [9.17, 15) is 0 Å². The summed E-state index contributed by atoms with van der Waals surface area (Å²) in [6, 6.07) is 76.8. The number of benzene rings is 10. The van der Waals surface area contributed by atoms with Gasteiger partial charge in [-0.1, -0.05) is 219 Å². The maximum absolute atomic E-state index is 4.50. The van der Waals surface area contributed by atoms with E-state index in [-0.39, 0.29) is 0 Å². The molecule has 1 unspecified atom stereocenters. The van der Waals surface area contributed by atoms with Crippen LogP contribution >= 0.6 is 0 Å². The van der Waals surface area contributed by atoms with E-state index >= 15 is 0 Å². The van der Waals surface area contributed by atoms with Gasteiger partial charge in [0, 0.05) is 5.92 Å². The number of hydrogen-bond donors (Lipinski definition) is 1. The molecule has 0 aliphatic carbocycles. The summed E-state index contributed by atoms with van der Waals surface area (Å²) in [5.41, 5.74) is 16.1. The van der Waals surface area contributed by atoms with Crippen LogP contribution in [0.2, 0.25) is 0 Å². The molecule has 0 saturated heterocycles. The lowest BCUT2D eigenvalue weighted by atomic mass is 9.87. The van der Waals surface area contributed by atoms with Crippen LogP contribution in [0.4, 0.5) is 0 Å². The van der Waals surface area contributed by atoms with Gasteiger partial charge in [-0.05, 0) is 108 Å². The molecule has 0 aliphatic rings. The number of fused-ring (bicyclic) bond motifs is 7. The molecule has 1 heteroatoms. The van der Waals surface area contributed by atoms with Gasteiger partial charge < -0.3 is 5.73 Å². The maximum Gasteiger partial charge on any atom is 0.00612 e. The molecule has 1 atom stereocenters. The van der Waals surface area contributed by atoms with E-state index in [1.165, 1.54) is 100 Å². The van der Waals surface area contributed by atoms with Crippen LogP contribution in [-0.2, 0) is 0 Å². The summed E-state index contributed by atoms with van der Waals surface area (Å²) in [6.07, 6.45) is 0. The minimum Gasteiger partial charge on any atom is -0.333 e. The lowest BCUT2D eigenvalue weighted by molar-refractivity contribution is 0.923. The van der Waals surface area contributed by atoms with Crippen LogP contribution in [0, 0.1) is 6.92 Å². The van der Waals surface area contributed by atoms with Crippen LogP contribution < -0.4 is 5.73 Å². The molecule has 10 aromatic rings. The molecule has 0 aliphatic heterocycles. The molecule has 0 fully saturated rings. The highest BCUT2D eigenvalue weighted by molar-refractivity contribution is 6.26. The van der Waals surface area contributed by atoms with Crippen molar-refractivity contribution in [1.29, 1.82) is 0 Å². The molecule has 0 saturated carbocycles. The number of nitrogens with two attached hydrogens (primary N) is 1. The Kier molecular flexibility index (Phi) is 11.0. The Morgan fingerprint density at radius 2 is 0.842 bits per heavy atom. The second-order valence-electron chi connectivity index (χ2n) is 14.6. The van der Waals surface area contributed by atoms with Gasteiger partial charge in [-0.3, -0.25) is 0 Å². The summed E-state index contributed by atoms with van der Waals surface area (Å²) in [4.78, 5) is 0. The zero-order valence-electron chi connectivity index (χ0n) is 32.9. The molecular formula is C56H47N. The van der Waals surface area contributed by atoms with E-state index in [0.29, 0.717) is 5.92 Å². The van der Waals surface area contributed by atoms with Crippen LogP contribution in [0.5, 0.6) is 0 Å². The van der Waals surface area contributed by atoms with E-state index in [1.807, 2.05) is 0 Å². The third-order valence-corrected chi connectivity index (χ3v) is 11.1. The Labute approximate surface area is 336 Å². The van der Waals surface area contributed by atoms with E-state index in [2.05, 4.69) is 232 Å². The van der Waals surface area contributed by atoms with Crippen LogP contribution in [-0.4, -0.2) is 7.05 Å². The second kappa shape index (κ2) is 16.9. The summed E-state index contributed by atoms with van der Waals surface area (Å²) < 4.78 is 0. The SMILES string of the molecule is CC(c1ccccc1)c1cccc(-c2ccccc2)c1.CN.Cc1cccc(-c2c(-c3ccc4c5ccccc5c5ccccc5c4c3)ccc3ccccc23)c1. The van der Waals surface area contributed by atoms with E-state index in [1.54, 1.807) is 0 Å². The Balaban J connectivity index is 0.000000176. The normalized spacial score (nSPS) is 11.4. The summed E-state index contributed by atoms with van der Waals surface area (Å²) in [5, 5.41) is 10.4. The Morgan fingerprint density at radius 1 is 0.333 bits per heavy atom. The van der Waals surface area contributed by atoms with Gasteiger partial charge in [0.15, 0.2) is 0 Å². The molecule has 0 radical (unpaired) electrons. The van der Waals surface area contributed by atoms with Crippen molar-refractivity contribution in [2.24, 2.45) is 5.73 Å². The molecule has 1 nitrogen and oxygen atoms in total. The lowest BCUT2D eigenvalue weighted by Crippen LogP contribution is -1.95. The number of aryl methyl sites for hydroxylation is 1. The largest absolute Gasteiger partial charge is 0.333 e. The smallest absolute Gasteiger partial charge is 0.00612 e. The molecule has 0 bridgehead atoms. The average molecular weight is 734 g/mol. The van der Waals surface area contributed by atoms with E-state index in [0.717, 1.165) is 0 Å². The fourth-order valence-corrected chi connectivity index (χ4v) is 8.25. The fourth-order valence-electron chi connectivity index (χ4n) is 8.25. The van der Waals surface area contributed by atoms with Crippen LogP contribution in [0.15, 0.2) is 212 Å². The molecule has 0 spiro atoms. The van der Waals surface area contributed by atoms with E-state index < -0.39 is 0 Å². The summed E-state index contributed by atoms with van der Waals surface area (Å²) >= 11 is 0. The zero-order valence-corrected chi connectivity index (χ0v) is 32.9. The van der Waals surface area contributed by atoms with Gasteiger partial charge in [-0.2, -0.15) is 0 Å². The van der Waals surface area contributed by atoms with Gasteiger partial charge in [0.25, 0.3) is 0 Å². The van der Waals surface area contributed by atoms with Gasteiger partial charge in [-0.25, -0.2) is 0 Å². The van der Waals surface area contributed by atoms with Crippen LogP contribution in [0.3, 0.4) is 0 Å². The average Bonchev–Trinajstić information content (AvgIpc) is 3.30. The quantitative estimate of drug-likeness (QED) is 0.175. The standard InChI is InChI=1S/C35H24.C20H18.CH5N/c1-23-9-8-11-26(21-23)35-27-12-3-2-10-24(27)17-19-28(35)25-18-20-33-31-15-5-4-13-29(31)30-14-6-7-16-32(30)34(33)22-25;1-16(17-9-4-2-5-10-17)19-13-8-14-20(15-19)18-11-6-3-7-12-18;1-2/h2-22H,1H3;2-16H,1H3;2H2,1H3. The molecule has 10 rings (SSSR count). The maximum atomic E-state index is 4.50. The van der Waals surface area contributed by atoms with Crippen molar-refractivity contribution in [2.75, 3.05) is 7.05 Å². The minimum absolute atomic E-state index is 0.417. The first-order chi connectivity index (χ1) is 28.1. The van der Waals surface area contributed by atoms with Crippen molar-refractivity contribution in [2.45, 2.75) is 19.8 Å². The van der Waals surface area contributed by atoms with Gasteiger partial charge in [0.2, 0.25) is 0 Å². The van der Waals surface area contributed by atoms with Crippen LogP contribution in [0.25, 0.3) is 76.5 Å². The third-order valence-electron chi connectivity index (χ3n) is 11.1. The first-order valence-corrected chi connectivity index (χ1v) is 19.8. The van der Waals surface area contributed by atoms with Gasteiger partial charge in [0.05, 0.1) is 0 Å². The summed E-state index contributed by atoms with van der Waals surface area (Å²) in [7, 11) is 1.50. The monoisotopic (exact) mass is 733 g/mol. The molecule has 0 heterocycles. The van der Waals surface area contributed by atoms with E-state index in [4.69, 9.17) is 0 Å². The number of hydrogen-bond acceptors (Lipinski definition) is 1. The Morgan fingerprint density at radius 3 is 1.51 bits per heavy atom. The highest BCUT2D eigenvalue weighted by Gasteiger charge is 2.15. The predicted molar refractivity (Wildman–Crippen MR) is 248 cm³/mol. The van der Waals surface area contributed by atoms with Crippen molar-refractivity contribution in [3.63, 3.8) is 0 Å². The summed E-state index contributed by atoms with van der Waals surface area (Å²) in [6.45, 7) is 4.43. The van der Waals surface area contributed by atoms with Crippen LogP contribution in [0.1, 0.15) is 29.5 Å². The first-order valence-electron chi connectivity index (χ1n) is 19.8. The predicted octanol–water partition coefficient (Wildman–Crippen LogP) is 15.0. The molecular weight excluding hydrogens is 687 g/mol. The minimum atomic E-state index is 0.417. The molecule has 276 valence electrons. The lowest BCUT2D eigenvalue weighted by Gasteiger charge is -2.16. The third kappa shape index (κ3) is 7.59. The molecule has 0 amide bonds. The van der Waals surface area contributed by atoms with Gasteiger partial charge in [-0.15, -0.1) is 0 Å². The molecule has 10 aromatic carbocycles. The van der Waals surface area contributed by atoms with Gasteiger partial charge >= 0.3 is 0 Å². The zero-order chi connectivity index (χ0) is 39.1. The molecule has 0 aromatic heterocycles. The number of rotatable bonds is 5. The topological polar surface area (TPSA) is 26.0 Å². The molecule has 57 heavy (non-hydrogen) atoms. The Hall–Kier alpha value is -6.80. The Bertz CT molecular complexity index is 2910. The van der Waals surface area contributed by atoms with Crippen molar-refractivity contribution in [3.8, 4) is 33.4 Å². The van der Waals surface area contributed by atoms with Crippen molar-refractivity contribution in [3.05, 3.63) is 229 Å². The van der Waals surface area contributed by atoms with Gasteiger partial charge in [0.1, 0.15) is 0 Å². The first kappa shape index (κ1) is 37.1. The van der Waals surface area contributed by atoms with Crippen molar-refractivity contribution >= 4 is 43.1 Å². The highest BCUT2D eigenvalue weighted by atomic mass is 14.4. The second-order valence-corrected chi connectivity index (χ2v) is 14.6.